The quantitative estimate of drug-likeness (QED) is 0.838. The average molecular weight is 376 g/mol. The maximum absolute atomic E-state index is 12.1. The second-order valence-electron chi connectivity index (χ2n) is 6.40. The van der Waals surface area contributed by atoms with Crippen molar-refractivity contribution in [1.82, 2.24) is 15.1 Å². The molecular formula is C18H24N4O3S. The summed E-state index contributed by atoms with van der Waals surface area (Å²) in [5, 5.41) is 6.67. The van der Waals surface area contributed by atoms with Gasteiger partial charge in [0, 0.05) is 50.7 Å². The Labute approximate surface area is 156 Å². The van der Waals surface area contributed by atoms with Crippen molar-refractivity contribution in [3.63, 3.8) is 0 Å². The summed E-state index contributed by atoms with van der Waals surface area (Å²) >= 11 is 1.46. The van der Waals surface area contributed by atoms with Crippen molar-refractivity contribution in [3.05, 3.63) is 29.1 Å². The Morgan fingerprint density at radius 3 is 2.73 bits per heavy atom. The minimum absolute atomic E-state index is 0.0124. The van der Waals surface area contributed by atoms with Crippen molar-refractivity contribution in [3.8, 4) is 0 Å². The van der Waals surface area contributed by atoms with Crippen molar-refractivity contribution in [2.45, 2.75) is 0 Å². The number of thiophene rings is 1. The lowest BCUT2D eigenvalue weighted by Gasteiger charge is -2.26. The van der Waals surface area contributed by atoms with E-state index in [0.717, 1.165) is 42.9 Å². The van der Waals surface area contributed by atoms with Crippen molar-refractivity contribution < 1.29 is 14.3 Å². The lowest BCUT2D eigenvalue weighted by Crippen LogP contribution is -2.42. The van der Waals surface area contributed by atoms with Gasteiger partial charge in [-0.2, -0.15) is 0 Å². The number of benzene rings is 1. The molecule has 26 heavy (non-hydrogen) atoms. The van der Waals surface area contributed by atoms with Crippen molar-refractivity contribution in [2.75, 3.05) is 58.8 Å². The Morgan fingerprint density at radius 1 is 1.23 bits per heavy atom. The molecule has 0 unspecified atom stereocenters. The van der Waals surface area contributed by atoms with Crippen LogP contribution in [0.3, 0.4) is 0 Å². The number of nitrogens with zero attached hydrogens (tertiary/aromatic N) is 2. The van der Waals surface area contributed by atoms with Crippen LogP contribution in [0.4, 0.5) is 10.5 Å². The highest BCUT2D eigenvalue weighted by Crippen LogP contribution is 2.28. The number of fused-ring (bicyclic) bond motifs is 1. The molecular weight excluding hydrogens is 352 g/mol. The Hall–Kier alpha value is -2.16. The first kappa shape index (κ1) is 18.6. The number of hydrogen-bond acceptors (Lipinski definition) is 5. The molecule has 0 aliphatic carbocycles. The molecule has 0 spiro atoms. The third kappa shape index (κ3) is 4.72. The number of rotatable bonds is 5. The number of morpholine rings is 1. The number of anilines is 1. The van der Waals surface area contributed by atoms with Crippen molar-refractivity contribution in [2.24, 2.45) is 0 Å². The average Bonchev–Trinajstić information content (AvgIpc) is 3.05. The summed E-state index contributed by atoms with van der Waals surface area (Å²) in [5.41, 5.74) is 0.711. The van der Waals surface area contributed by atoms with Gasteiger partial charge in [-0.05, 0) is 29.7 Å². The molecule has 1 fully saturated rings. The van der Waals surface area contributed by atoms with E-state index in [1.807, 2.05) is 24.3 Å². The van der Waals surface area contributed by atoms with Gasteiger partial charge in [0.05, 0.1) is 18.1 Å². The van der Waals surface area contributed by atoms with E-state index in [1.54, 1.807) is 19.0 Å². The van der Waals surface area contributed by atoms with Gasteiger partial charge in [0.2, 0.25) is 0 Å². The van der Waals surface area contributed by atoms with E-state index in [9.17, 15) is 9.59 Å². The van der Waals surface area contributed by atoms with Gasteiger partial charge in [0.1, 0.15) is 0 Å². The molecule has 140 valence electrons. The van der Waals surface area contributed by atoms with Crippen LogP contribution in [0.25, 0.3) is 10.1 Å². The van der Waals surface area contributed by atoms with Crippen LogP contribution in [0.15, 0.2) is 24.3 Å². The zero-order valence-electron chi connectivity index (χ0n) is 15.1. The first-order valence-electron chi connectivity index (χ1n) is 8.63. The summed E-state index contributed by atoms with van der Waals surface area (Å²) in [4.78, 5) is 28.7. The molecule has 0 saturated carbocycles. The van der Waals surface area contributed by atoms with Gasteiger partial charge in [0.25, 0.3) is 5.91 Å². The van der Waals surface area contributed by atoms with E-state index in [2.05, 4.69) is 15.5 Å². The predicted molar refractivity (Wildman–Crippen MR) is 104 cm³/mol. The third-order valence-electron chi connectivity index (χ3n) is 4.21. The fourth-order valence-corrected chi connectivity index (χ4v) is 3.84. The molecule has 1 aromatic carbocycles. The molecule has 7 nitrogen and oxygen atoms in total. The SMILES string of the molecule is CN(C)C(=O)c1cc2cc(NC(=O)NCCN3CCOCC3)ccc2s1. The normalized spacial score (nSPS) is 15.0. The van der Waals surface area contributed by atoms with Crippen LogP contribution < -0.4 is 10.6 Å². The fraction of sp³-hybridized carbons (Fsp3) is 0.444. The zero-order valence-corrected chi connectivity index (χ0v) is 15.9. The summed E-state index contributed by atoms with van der Waals surface area (Å²) in [6, 6.07) is 7.31. The lowest BCUT2D eigenvalue weighted by atomic mass is 10.2. The molecule has 1 aliphatic heterocycles. The highest BCUT2D eigenvalue weighted by molar-refractivity contribution is 7.20. The largest absolute Gasteiger partial charge is 0.379 e. The highest BCUT2D eigenvalue weighted by Gasteiger charge is 2.13. The molecule has 1 aromatic heterocycles. The first-order chi connectivity index (χ1) is 12.5. The van der Waals surface area contributed by atoms with E-state index in [-0.39, 0.29) is 11.9 Å². The number of amides is 3. The van der Waals surface area contributed by atoms with Gasteiger partial charge in [-0.1, -0.05) is 0 Å². The minimum Gasteiger partial charge on any atom is -0.379 e. The number of hydrogen-bond donors (Lipinski definition) is 2. The van der Waals surface area contributed by atoms with Gasteiger partial charge in [-0.3, -0.25) is 9.69 Å². The zero-order chi connectivity index (χ0) is 18.5. The molecule has 1 saturated heterocycles. The molecule has 0 atom stereocenters. The Bertz CT molecular complexity index is 784. The summed E-state index contributed by atoms with van der Waals surface area (Å²) in [7, 11) is 3.47. The van der Waals surface area contributed by atoms with Gasteiger partial charge in [-0.15, -0.1) is 11.3 Å². The molecule has 0 radical (unpaired) electrons. The van der Waals surface area contributed by atoms with Crippen LogP contribution in [0, 0.1) is 0 Å². The molecule has 3 rings (SSSR count). The molecule has 3 amide bonds. The second-order valence-corrected chi connectivity index (χ2v) is 7.48. The topological polar surface area (TPSA) is 73.9 Å². The molecule has 8 heteroatoms. The molecule has 1 aliphatic rings. The van der Waals surface area contributed by atoms with Gasteiger partial charge < -0.3 is 20.3 Å². The number of urea groups is 1. The Morgan fingerprint density at radius 2 is 2.00 bits per heavy atom. The van der Waals surface area contributed by atoms with Crippen LogP contribution in [-0.4, -0.2) is 75.2 Å². The number of carbonyl (C=O) groups excluding carboxylic acids is 2. The third-order valence-corrected chi connectivity index (χ3v) is 5.31. The number of nitrogens with one attached hydrogen (secondary N) is 2. The van der Waals surface area contributed by atoms with Crippen molar-refractivity contribution >= 4 is 39.0 Å². The van der Waals surface area contributed by atoms with Crippen LogP contribution in [0.1, 0.15) is 9.67 Å². The summed E-state index contributed by atoms with van der Waals surface area (Å²) in [6.45, 7) is 4.74. The maximum Gasteiger partial charge on any atom is 0.319 e. The lowest BCUT2D eigenvalue weighted by molar-refractivity contribution is 0.0388. The number of ether oxygens (including phenoxy) is 1. The standard InChI is InChI=1S/C18H24N4O3S/c1-21(2)17(23)16-12-13-11-14(3-4-15(13)26-16)20-18(24)19-5-6-22-7-9-25-10-8-22/h3-4,11-12H,5-10H2,1-2H3,(H2,19,20,24). The van der Waals surface area contributed by atoms with Gasteiger partial charge >= 0.3 is 6.03 Å². The maximum atomic E-state index is 12.1. The van der Waals surface area contributed by atoms with Crippen LogP contribution in [0.5, 0.6) is 0 Å². The second kappa shape index (κ2) is 8.48. The van der Waals surface area contributed by atoms with E-state index in [4.69, 9.17) is 4.74 Å². The number of carbonyl (C=O) groups is 2. The minimum atomic E-state index is -0.225. The van der Waals surface area contributed by atoms with Crippen LogP contribution >= 0.6 is 11.3 Å². The van der Waals surface area contributed by atoms with Crippen molar-refractivity contribution in [1.29, 1.82) is 0 Å². The molecule has 2 N–H and O–H groups in total. The highest BCUT2D eigenvalue weighted by atomic mass is 32.1. The first-order valence-corrected chi connectivity index (χ1v) is 9.45. The smallest absolute Gasteiger partial charge is 0.319 e. The van der Waals surface area contributed by atoms with E-state index in [1.165, 1.54) is 11.3 Å². The van der Waals surface area contributed by atoms with E-state index in [0.29, 0.717) is 17.1 Å². The van der Waals surface area contributed by atoms with Crippen LogP contribution in [-0.2, 0) is 4.74 Å². The Kier molecular flexibility index (Phi) is 6.08. The molecule has 2 heterocycles. The van der Waals surface area contributed by atoms with E-state index < -0.39 is 0 Å². The fourth-order valence-electron chi connectivity index (χ4n) is 2.77. The summed E-state index contributed by atoms with van der Waals surface area (Å²) in [6.07, 6.45) is 0. The van der Waals surface area contributed by atoms with Gasteiger partial charge in [-0.25, -0.2) is 4.79 Å². The summed E-state index contributed by atoms with van der Waals surface area (Å²) in [5.74, 6) is -0.0124. The predicted octanol–water partition coefficient (Wildman–Crippen LogP) is 2.06. The van der Waals surface area contributed by atoms with Gasteiger partial charge in [0.15, 0.2) is 0 Å². The molecule has 0 bridgehead atoms. The molecule has 2 aromatic rings. The van der Waals surface area contributed by atoms with Crippen LogP contribution in [0.2, 0.25) is 0 Å². The monoisotopic (exact) mass is 376 g/mol. The summed E-state index contributed by atoms with van der Waals surface area (Å²) < 4.78 is 6.33. The van der Waals surface area contributed by atoms with E-state index >= 15 is 0 Å². The Balaban J connectivity index is 1.54.